The van der Waals surface area contributed by atoms with Gasteiger partial charge in [0, 0.05) is 10.9 Å². The summed E-state index contributed by atoms with van der Waals surface area (Å²) < 4.78 is 5.27. The molecule has 0 bridgehead atoms. The Morgan fingerprint density at radius 3 is 2.57 bits per heavy atom. The molecule has 3 aromatic rings. The second kappa shape index (κ2) is 6.44. The molecular weight excluding hydrogens is 286 g/mol. The fourth-order valence-corrected chi connectivity index (χ4v) is 2.70. The number of carbonyl (C=O) groups is 1. The molecule has 1 heterocycles. The molecule has 2 aromatic carbocycles. The van der Waals surface area contributed by atoms with Gasteiger partial charge in [-0.2, -0.15) is 0 Å². The maximum absolute atomic E-state index is 12.6. The molecule has 0 saturated heterocycles. The number of nitrogens with zero attached hydrogens (tertiary/aromatic N) is 1. The van der Waals surface area contributed by atoms with Crippen LogP contribution in [0.25, 0.3) is 22.0 Å². The molecule has 0 spiro atoms. The second-order valence-corrected chi connectivity index (χ2v) is 5.22. The predicted octanol–water partition coefficient (Wildman–Crippen LogP) is 4.55. The van der Waals surface area contributed by atoms with E-state index in [2.05, 4.69) is 11.6 Å². The minimum Gasteiger partial charge on any atom is -0.458 e. The topological polar surface area (TPSA) is 39.2 Å². The van der Waals surface area contributed by atoms with Crippen molar-refractivity contribution in [3.05, 3.63) is 78.5 Å². The molecule has 3 nitrogen and oxygen atoms in total. The number of esters is 1. The number of aromatic nitrogens is 1. The standard InChI is InChI=1S/C20H17NO2/c1-3-13-23-20(22)18-14(2)21-17-12-8-7-11-16(17)19(18)15-9-5-4-6-10-15/h3-12H,1,13H2,2H3. The van der Waals surface area contributed by atoms with Crippen LogP contribution in [0.3, 0.4) is 0 Å². The summed E-state index contributed by atoms with van der Waals surface area (Å²) >= 11 is 0. The van der Waals surface area contributed by atoms with Gasteiger partial charge in [-0.25, -0.2) is 4.79 Å². The van der Waals surface area contributed by atoms with Gasteiger partial charge in [-0.05, 0) is 18.6 Å². The number of hydrogen-bond donors (Lipinski definition) is 0. The first kappa shape index (κ1) is 15.0. The van der Waals surface area contributed by atoms with Crippen LogP contribution in [-0.4, -0.2) is 17.6 Å². The molecule has 114 valence electrons. The van der Waals surface area contributed by atoms with Crippen molar-refractivity contribution in [2.45, 2.75) is 6.92 Å². The van der Waals surface area contributed by atoms with Crippen molar-refractivity contribution in [2.75, 3.05) is 6.61 Å². The highest BCUT2D eigenvalue weighted by Crippen LogP contribution is 2.33. The molecule has 0 amide bonds. The quantitative estimate of drug-likeness (QED) is 0.524. The minimum atomic E-state index is -0.375. The molecule has 0 fully saturated rings. The van der Waals surface area contributed by atoms with Crippen LogP contribution in [0.15, 0.2) is 67.3 Å². The molecule has 0 N–H and O–H groups in total. The van der Waals surface area contributed by atoms with Gasteiger partial charge < -0.3 is 4.74 Å². The summed E-state index contributed by atoms with van der Waals surface area (Å²) in [5.41, 5.74) is 3.88. The zero-order valence-electron chi connectivity index (χ0n) is 13.0. The van der Waals surface area contributed by atoms with Crippen LogP contribution in [0.1, 0.15) is 16.1 Å². The summed E-state index contributed by atoms with van der Waals surface area (Å²) in [4.78, 5) is 17.1. The first-order chi connectivity index (χ1) is 11.2. The third-order valence-electron chi connectivity index (χ3n) is 3.67. The van der Waals surface area contributed by atoms with Crippen LogP contribution in [0.4, 0.5) is 0 Å². The third kappa shape index (κ3) is 2.86. The first-order valence-corrected chi connectivity index (χ1v) is 7.45. The number of pyridine rings is 1. The maximum atomic E-state index is 12.6. The van der Waals surface area contributed by atoms with Gasteiger partial charge in [0.25, 0.3) is 0 Å². The van der Waals surface area contributed by atoms with Crippen LogP contribution in [0.2, 0.25) is 0 Å². The number of aryl methyl sites for hydroxylation is 1. The van der Waals surface area contributed by atoms with E-state index in [1.807, 2.05) is 61.5 Å². The molecule has 0 radical (unpaired) electrons. The monoisotopic (exact) mass is 303 g/mol. The first-order valence-electron chi connectivity index (χ1n) is 7.45. The van der Waals surface area contributed by atoms with Gasteiger partial charge in [-0.3, -0.25) is 4.98 Å². The minimum absolute atomic E-state index is 0.180. The van der Waals surface area contributed by atoms with E-state index in [1.54, 1.807) is 6.08 Å². The van der Waals surface area contributed by atoms with E-state index in [-0.39, 0.29) is 12.6 Å². The molecule has 3 heteroatoms. The number of benzene rings is 2. The summed E-state index contributed by atoms with van der Waals surface area (Å²) in [5.74, 6) is -0.375. The van der Waals surface area contributed by atoms with Gasteiger partial charge in [0.2, 0.25) is 0 Å². The Bertz CT molecular complexity index is 869. The lowest BCUT2D eigenvalue weighted by Crippen LogP contribution is -2.11. The Morgan fingerprint density at radius 1 is 1.13 bits per heavy atom. The molecule has 0 atom stereocenters. The summed E-state index contributed by atoms with van der Waals surface area (Å²) in [5, 5.41) is 0.940. The number of rotatable bonds is 4. The highest BCUT2D eigenvalue weighted by molar-refractivity contribution is 6.07. The Morgan fingerprint density at radius 2 is 1.83 bits per heavy atom. The maximum Gasteiger partial charge on any atom is 0.340 e. The number of ether oxygens (including phenoxy) is 1. The lowest BCUT2D eigenvalue weighted by Gasteiger charge is -2.14. The van der Waals surface area contributed by atoms with Crippen molar-refractivity contribution in [3.63, 3.8) is 0 Å². The van der Waals surface area contributed by atoms with Crippen LogP contribution < -0.4 is 0 Å². The zero-order valence-corrected chi connectivity index (χ0v) is 13.0. The van der Waals surface area contributed by atoms with Crippen molar-refractivity contribution in [2.24, 2.45) is 0 Å². The summed E-state index contributed by atoms with van der Waals surface area (Å²) in [6, 6.07) is 17.7. The number of hydrogen-bond acceptors (Lipinski definition) is 3. The van der Waals surface area contributed by atoms with E-state index in [4.69, 9.17) is 4.74 Å². The van der Waals surface area contributed by atoms with Crippen LogP contribution in [0.5, 0.6) is 0 Å². The molecular formula is C20H17NO2. The van der Waals surface area contributed by atoms with E-state index in [0.717, 1.165) is 22.0 Å². The van der Waals surface area contributed by atoms with E-state index in [9.17, 15) is 4.79 Å². The SMILES string of the molecule is C=CCOC(=O)c1c(C)nc2ccccc2c1-c1ccccc1. The molecule has 3 rings (SSSR count). The fourth-order valence-electron chi connectivity index (χ4n) is 2.70. The Hall–Kier alpha value is -2.94. The van der Waals surface area contributed by atoms with E-state index < -0.39 is 0 Å². The molecule has 0 unspecified atom stereocenters. The average molecular weight is 303 g/mol. The Balaban J connectivity index is 2.31. The third-order valence-corrected chi connectivity index (χ3v) is 3.67. The smallest absolute Gasteiger partial charge is 0.340 e. The van der Waals surface area contributed by atoms with Gasteiger partial charge in [0.15, 0.2) is 0 Å². The van der Waals surface area contributed by atoms with E-state index in [0.29, 0.717) is 11.3 Å². The van der Waals surface area contributed by atoms with Gasteiger partial charge in [-0.15, -0.1) is 0 Å². The van der Waals surface area contributed by atoms with Gasteiger partial charge in [-0.1, -0.05) is 61.2 Å². The molecule has 23 heavy (non-hydrogen) atoms. The van der Waals surface area contributed by atoms with Crippen LogP contribution in [0, 0.1) is 6.92 Å². The highest BCUT2D eigenvalue weighted by Gasteiger charge is 2.21. The molecule has 0 aliphatic carbocycles. The predicted molar refractivity (Wildman–Crippen MR) is 92.4 cm³/mol. The van der Waals surface area contributed by atoms with Crippen molar-refractivity contribution in [1.29, 1.82) is 0 Å². The van der Waals surface area contributed by atoms with Crippen molar-refractivity contribution >= 4 is 16.9 Å². The highest BCUT2D eigenvalue weighted by atomic mass is 16.5. The van der Waals surface area contributed by atoms with E-state index >= 15 is 0 Å². The lowest BCUT2D eigenvalue weighted by atomic mass is 9.94. The van der Waals surface area contributed by atoms with Crippen molar-refractivity contribution < 1.29 is 9.53 Å². The fraction of sp³-hybridized carbons (Fsp3) is 0.100. The average Bonchev–Trinajstić information content (AvgIpc) is 2.59. The zero-order chi connectivity index (χ0) is 16.2. The summed E-state index contributed by atoms with van der Waals surface area (Å²) in [7, 11) is 0. The van der Waals surface area contributed by atoms with Crippen LogP contribution in [-0.2, 0) is 4.74 Å². The van der Waals surface area contributed by atoms with Gasteiger partial charge in [0.1, 0.15) is 6.61 Å². The molecule has 1 aromatic heterocycles. The molecule has 0 aliphatic heterocycles. The van der Waals surface area contributed by atoms with E-state index in [1.165, 1.54) is 0 Å². The number of para-hydroxylation sites is 1. The van der Waals surface area contributed by atoms with Crippen molar-refractivity contribution in [1.82, 2.24) is 4.98 Å². The Kier molecular flexibility index (Phi) is 4.20. The van der Waals surface area contributed by atoms with Crippen molar-refractivity contribution in [3.8, 4) is 11.1 Å². The van der Waals surface area contributed by atoms with Crippen LogP contribution >= 0.6 is 0 Å². The molecule has 0 saturated carbocycles. The lowest BCUT2D eigenvalue weighted by molar-refractivity contribution is 0.0549. The Labute approximate surface area is 135 Å². The molecule has 0 aliphatic rings. The van der Waals surface area contributed by atoms with Gasteiger partial charge in [0.05, 0.1) is 16.8 Å². The second-order valence-electron chi connectivity index (χ2n) is 5.22. The number of carbonyl (C=O) groups excluding carboxylic acids is 1. The summed E-state index contributed by atoms with van der Waals surface area (Å²) in [6.45, 7) is 5.60. The normalized spacial score (nSPS) is 10.5. The summed E-state index contributed by atoms with van der Waals surface area (Å²) in [6.07, 6.45) is 1.56. The van der Waals surface area contributed by atoms with Gasteiger partial charge >= 0.3 is 5.97 Å². The number of fused-ring (bicyclic) bond motifs is 1. The largest absolute Gasteiger partial charge is 0.458 e.